The Kier molecular flexibility index (Phi) is 5.11. The van der Waals surface area contributed by atoms with E-state index in [-0.39, 0.29) is 19.0 Å². The number of hydrogen-bond acceptors (Lipinski definition) is 5. The van der Waals surface area contributed by atoms with Gasteiger partial charge in [-0.05, 0) is 19.1 Å². The lowest BCUT2D eigenvalue weighted by molar-refractivity contribution is 0.112. The third kappa shape index (κ3) is 4.96. The lowest BCUT2D eigenvalue weighted by Crippen LogP contribution is -2.21. The van der Waals surface area contributed by atoms with Crippen LogP contribution in [0.25, 0.3) is 10.9 Å². The van der Waals surface area contributed by atoms with Gasteiger partial charge in [-0.1, -0.05) is 18.2 Å². The Morgan fingerprint density at radius 1 is 1.14 bits per heavy atom. The normalized spacial score (nSPS) is 11.7. The number of fused-ring (bicyclic) bond motifs is 1. The van der Waals surface area contributed by atoms with E-state index in [0.717, 1.165) is 16.6 Å². The highest BCUT2D eigenvalue weighted by molar-refractivity contribution is 7.89. The molecule has 0 saturated heterocycles. The molecule has 0 fully saturated rings. The molecule has 0 bridgehead atoms. The fraction of sp³-hybridized carbons (Fsp3) is 0.357. The van der Waals surface area contributed by atoms with Gasteiger partial charge in [-0.25, -0.2) is 18.5 Å². The maximum atomic E-state index is 10.7. The molecule has 2 N–H and O–H groups in total. The summed E-state index contributed by atoms with van der Waals surface area (Å²) in [7, 11) is -3.47. The minimum Gasteiger partial charge on any atom is -0.489 e. The van der Waals surface area contributed by atoms with Crippen molar-refractivity contribution < 1.29 is 17.9 Å². The van der Waals surface area contributed by atoms with Gasteiger partial charge in [0.05, 0.1) is 19.0 Å². The standard InChI is InChI=1S/C14H18N2O4S/c1-11-5-6-12-3-2-4-13(14(12)16-11)20-8-7-19-9-10-21(15,17)18/h2-6H,7-10H2,1H3,(H2,15,17,18). The second kappa shape index (κ2) is 6.84. The molecular weight excluding hydrogens is 292 g/mol. The van der Waals surface area contributed by atoms with Gasteiger partial charge in [0.2, 0.25) is 10.0 Å². The first-order chi connectivity index (χ1) is 9.96. The van der Waals surface area contributed by atoms with Crippen LogP contribution in [-0.4, -0.2) is 39.0 Å². The highest BCUT2D eigenvalue weighted by Crippen LogP contribution is 2.23. The summed E-state index contributed by atoms with van der Waals surface area (Å²) in [5, 5.41) is 5.88. The number of benzene rings is 1. The van der Waals surface area contributed by atoms with E-state index < -0.39 is 10.0 Å². The fourth-order valence-corrected chi connectivity index (χ4v) is 2.17. The highest BCUT2D eigenvalue weighted by atomic mass is 32.2. The van der Waals surface area contributed by atoms with Crippen molar-refractivity contribution in [3.05, 3.63) is 36.0 Å². The van der Waals surface area contributed by atoms with E-state index in [1.165, 1.54) is 0 Å². The molecule has 21 heavy (non-hydrogen) atoms. The van der Waals surface area contributed by atoms with Crippen molar-refractivity contribution in [3.8, 4) is 5.75 Å². The number of primary sulfonamides is 1. The smallest absolute Gasteiger partial charge is 0.211 e. The van der Waals surface area contributed by atoms with Gasteiger partial charge in [0.15, 0.2) is 0 Å². The van der Waals surface area contributed by atoms with Crippen LogP contribution in [0.2, 0.25) is 0 Å². The number of rotatable bonds is 7. The first-order valence-corrected chi connectivity index (χ1v) is 8.25. The van der Waals surface area contributed by atoms with Crippen molar-refractivity contribution >= 4 is 20.9 Å². The van der Waals surface area contributed by atoms with Gasteiger partial charge in [0.25, 0.3) is 0 Å². The van der Waals surface area contributed by atoms with Crippen molar-refractivity contribution in [2.24, 2.45) is 5.14 Å². The van der Waals surface area contributed by atoms with Crippen molar-refractivity contribution in [3.63, 3.8) is 0 Å². The zero-order valence-electron chi connectivity index (χ0n) is 11.8. The van der Waals surface area contributed by atoms with Gasteiger partial charge in [-0.15, -0.1) is 0 Å². The molecule has 2 rings (SSSR count). The van der Waals surface area contributed by atoms with Gasteiger partial charge < -0.3 is 9.47 Å². The average molecular weight is 310 g/mol. The van der Waals surface area contributed by atoms with Crippen molar-refractivity contribution in [1.29, 1.82) is 0 Å². The van der Waals surface area contributed by atoms with E-state index >= 15 is 0 Å². The van der Waals surface area contributed by atoms with Gasteiger partial charge in [-0.2, -0.15) is 0 Å². The second-order valence-electron chi connectivity index (χ2n) is 4.61. The summed E-state index contributed by atoms with van der Waals surface area (Å²) in [6.07, 6.45) is 0. The molecule has 0 atom stereocenters. The molecule has 0 saturated carbocycles. The van der Waals surface area contributed by atoms with Crippen LogP contribution in [-0.2, 0) is 14.8 Å². The number of ether oxygens (including phenoxy) is 2. The zero-order valence-corrected chi connectivity index (χ0v) is 12.6. The summed E-state index contributed by atoms with van der Waals surface area (Å²) in [4.78, 5) is 4.46. The molecular formula is C14H18N2O4S. The molecule has 6 nitrogen and oxygen atoms in total. The van der Waals surface area contributed by atoms with E-state index in [1.54, 1.807) is 0 Å². The number of pyridine rings is 1. The molecule has 0 spiro atoms. The Morgan fingerprint density at radius 3 is 2.71 bits per heavy atom. The first kappa shape index (κ1) is 15.7. The van der Waals surface area contributed by atoms with E-state index in [0.29, 0.717) is 12.4 Å². The quantitative estimate of drug-likeness (QED) is 0.777. The van der Waals surface area contributed by atoms with Crippen LogP contribution in [0.15, 0.2) is 30.3 Å². The number of para-hydroxylation sites is 1. The monoisotopic (exact) mass is 310 g/mol. The number of nitrogens with two attached hydrogens (primary N) is 1. The molecule has 7 heteroatoms. The van der Waals surface area contributed by atoms with Crippen molar-refractivity contribution in [2.45, 2.75) is 6.92 Å². The Labute approximate surface area is 123 Å². The minimum absolute atomic E-state index is 0.0646. The van der Waals surface area contributed by atoms with Crippen molar-refractivity contribution in [1.82, 2.24) is 4.98 Å². The number of nitrogens with zero attached hydrogens (tertiary/aromatic N) is 1. The highest BCUT2D eigenvalue weighted by Gasteiger charge is 2.05. The van der Waals surface area contributed by atoms with Crippen LogP contribution in [0.4, 0.5) is 0 Å². The molecule has 1 aromatic carbocycles. The maximum Gasteiger partial charge on any atom is 0.211 e. The van der Waals surface area contributed by atoms with Crippen LogP contribution in [0.1, 0.15) is 5.69 Å². The van der Waals surface area contributed by atoms with Gasteiger partial charge in [0, 0.05) is 11.1 Å². The summed E-state index contributed by atoms with van der Waals surface area (Å²) >= 11 is 0. The molecule has 1 aromatic heterocycles. The molecule has 0 unspecified atom stereocenters. The van der Waals surface area contributed by atoms with Crippen LogP contribution < -0.4 is 9.88 Å². The van der Waals surface area contributed by atoms with Gasteiger partial charge >= 0.3 is 0 Å². The molecule has 114 valence electrons. The largest absolute Gasteiger partial charge is 0.489 e. The maximum absolute atomic E-state index is 10.7. The zero-order chi connectivity index (χ0) is 15.3. The molecule has 0 aliphatic heterocycles. The predicted octanol–water partition coefficient (Wildman–Crippen LogP) is 1.23. The van der Waals surface area contributed by atoms with Crippen molar-refractivity contribution in [2.75, 3.05) is 25.6 Å². The van der Waals surface area contributed by atoms with E-state index in [4.69, 9.17) is 14.6 Å². The molecule has 0 amide bonds. The fourth-order valence-electron chi connectivity index (χ4n) is 1.82. The predicted molar refractivity (Wildman–Crippen MR) is 80.8 cm³/mol. The van der Waals surface area contributed by atoms with Crippen LogP contribution in [0.5, 0.6) is 5.75 Å². The number of aryl methyl sites for hydroxylation is 1. The molecule has 0 radical (unpaired) electrons. The first-order valence-electron chi connectivity index (χ1n) is 6.53. The lowest BCUT2D eigenvalue weighted by Gasteiger charge is -2.09. The number of sulfonamides is 1. The Hall–Kier alpha value is -1.70. The Balaban J connectivity index is 1.88. The Morgan fingerprint density at radius 2 is 1.95 bits per heavy atom. The lowest BCUT2D eigenvalue weighted by atomic mass is 10.2. The van der Waals surface area contributed by atoms with Crippen LogP contribution in [0, 0.1) is 6.92 Å². The molecule has 0 aliphatic carbocycles. The number of hydrogen-bond donors (Lipinski definition) is 1. The average Bonchev–Trinajstić information content (AvgIpc) is 2.41. The molecule has 2 aromatic rings. The summed E-state index contributed by atoms with van der Waals surface area (Å²) in [6, 6.07) is 9.66. The third-order valence-corrected chi connectivity index (χ3v) is 3.56. The minimum atomic E-state index is -3.47. The number of aromatic nitrogens is 1. The SMILES string of the molecule is Cc1ccc2cccc(OCCOCCS(N)(=O)=O)c2n1. The second-order valence-corrected chi connectivity index (χ2v) is 6.34. The summed E-state index contributed by atoms with van der Waals surface area (Å²) in [5.74, 6) is 0.494. The summed E-state index contributed by atoms with van der Waals surface area (Å²) in [5.41, 5.74) is 1.73. The third-order valence-electron chi connectivity index (χ3n) is 2.82. The van der Waals surface area contributed by atoms with E-state index in [2.05, 4.69) is 4.98 Å². The van der Waals surface area contributed by atoms with E-state index in [9.17, 15) is 8.42 Å². The van der Waals surface area contributed by atoms with Crippen LogP contribution >= 0.6 is 0 Å². The van der Waals surface area contributed by atoms with Gasteiger partial charge in [-0.3, -0.25) is 0 Å². The summed E-state index contributed by atoms with van der Waals surface area (Å²) < 4.78 is 32.2. The molecule has 0 aliphatic rings. The van der Waals surface area contributed by atoms with E-state index in [1.807, 2.05) is 37.3 Å². The summed E-state index contributed by atoms with van der Waals surface area (Å²) in [6.45, 7) is 2.60. The molecule has 1 heterocycles. The Bertz CT molecular complexity index is 716. The van der Waals surface area contributed by atoms with Gasteiger partial charge in [0.1, 0.15) is 17.9 Å². The van der Waals surface area contributed by atoms with Crippen LogP contribution in [0.3, 0.4) is 0 Å². The topological polar surface area (TPSA) is 91.5 Å².